The number of nitrogens with one attached hydrogen (secondary N) is 1. The van der Waals surface area contributed by atoms with E-state index in [1.807, 2.05) is 0 Å². The predicted octanol–water partition coefficient (Wildman–Crippen LogP) is 1.28. The normalized spacial score (nSPS) is 36.3. The maximum absolute atomic E-state index is 14.0. The van der Waals surface area contributed by atoms with Crippen molar-refractivity contribution in [1.29, 1.82) is 0 Å². The zero-order valence-electron chi connectivity index (χ0n) is 7.48. The van der Waals surface area contributed by atoms with Crippen molar-refractivity contribution in [2.24, 2.45) is 0 Å². The molecule has 2 atom stereocenters. The average molecular weight is 173 g/mol. The molecule has 1 heterocycles. The van der Waals surface area contributed by atoms with Gasteiger partial charge in [0, 0.05) is 20.1 Å². The summed E-state index contributed by atoms with van der Waals surface area (Å²) >= 11 is 0. The molecule has 0 aromatic carbocycles. The number of hydrogen-bond donors (Lipinski definition) is 1. The van der Waals surface area contributed by atoms with Gasteiger partial charge < -0.3 is 10.1 Å². The maximum Gasteiger partial charge on any atom is 0.152 e. The Hall–Kier alpha value is -0.410. The second-order valence-electron chi connectivity index (χ2n) is 3.22. The Labute approximate surface area is 72.8 Å². The van der Waals surface area contributed by atoms with Gasteiger partial charge in [-0.05, 0) is 13.0 Å². The second-order valence-corrected chi connectivity index (χ2v) is 3.22. The molecule has 0 amide bonds. The van der Waals surface area contributed by atoms with Crippen molar-refractivity contribution < 1.29 is 9.13 Å². The molecule has 0 bridgehead atoms. The van der Waals surface area contributed by atoms with Gasteiger partial charge in [-0.2, -0.15) is 0 Å². The standard InChI is InChI=1S/C9H16FNO/c1-3-5-9(10)7-11-6-4-8(9)12-2/h3,8,11H,1,4-7H2,2H3/t8-,9+/m1/s1. The first kappa shape index (κ1) is 9.68. The van der Waals surface area contributed by atoms with Crippen LogP contribution in [0.2, 0.25) is 0 Å². The lowest BCUT2D eigenvalue weighted by molar-refractivity contribution is -0.0538. The summed E-state index contributed by atoms with van der Waals surface area (Å²) in [7, 11) is 1.56. The van der Waals surface area contributed by atoms with Crippen LogP contribution in [0.5, 0.6) is 0 Å². The number of allylic oxidation sites excluding steroid dienone is 1. The van der Waals surface area contributed by atoms with Crippen molar-refractivity contribution in [3.63, 3.8) is 0 Å². The Kier molecular flexibility index (Phi) is 3.23. The average Bonchev–Trinajstić information content (AvgIpc) is 2.05. The highest BCUT2D eigenvalue weighted by atomic mass is 19.1. The third kappa shape index (κ3) is 1.84. The number of methoxy groups -OCH3 is 1. The number of ether oxygens (including phenoxy) is 1. The summed E-state index contributed by atoms with van der Waals surface area (Å²) in [5.74, 6) is 0. The fourth-order valence-electron chi connectivity index (χ4n) is 1.67. The highest BCUT2D eigenvalue weighted by Crippen LogP contribution is 2.27. The lowest BCUT2D eigenvalue weighted by Gasteiger charge is -2.36. The lowest BCUT2D eigenvalue weighted by atomic mass is 9.89. The van der Waals surface area contributed by atoms with Gasteiger partial charge in [-0.15, -0.1) is 6.58 Å². The molecule has 0 unspecified atom stereocenters. The third-order valence-electron chi connectivity index (χ3n) is 2.35. The molecule has 1 rings (SSSR count). The van der Waals surface area contributed by atoms with Crippen LogP contribution in [0.15, 0.2) is 12.7 Å². The van der Waals surface area contributed by atoms with Crippen molar-refractivity contribution in [3.8, 4) is 0 Å². The maximum atomic E-state index is 14.0. The molecule has 1 fully saturated rings. The van der Waals surface area contributed by atoms with Crippen molar-refractivity contribution in [2.75, 3.05) is 20.2 Å². The fraction of sp³-hybridized carbons (Fsp3) is 0.778. The molecule has 0 spiro atoms. The molecule has 1 saturated heterocycles. The molecule has 0 aromatic rings. The van der Waals surface area contributed by atoms with E-state index in [0.717, 1.165) is 13.0 Å². The number of halogens is 1. The molecule has 2 nitrogen and oxygen atoms in total. The molecule has 0 aliphatic carbocycles. The van der Waals surface area contributed by atoms with Gasteiger partial charge in [-0.3, -0.25) is 0 Å². The van der Waals surface area contributed by atoms with Gasteiger partial charge in [0.25, 0.3) is 0 Å². The van der Waals surface area contributed by atoms with Crippen LogP contribution in [-0.2, 0) is 4.74 Å². The molecule has 70 valence electrons. The van der Waals surface area contributed by atoms with Gasteiger partial charge in [-0.1, -0.05) is 6.08 Å². The summed E-state index contributed by atoms with van der Waals surface area (Å²) in [6.45, 7) is 4.75. The molecular formula is C9H16FNO. The number of alkyl halides is 1. The summed E-state index contributed by atoms with van der Waals surface area (Å²) in [6, 6.07) is 0. The molecule has 0 radical (unpaired) electrons. The molecule has 1 aliphatic rings. The molecule has 0 saturated carbocycles. The number of piperidine rings is 1. The second kappa shape index (κ2) is 4.01. The summed E-state index contributed by atoms with van der Waals surface area (Å²) < 4.78 is 19.1. The van der Waals surface area contributed by atoms with Gasteiger partial charge in [0.05, 0.1) is 6.10 Å². The van der Waals surface area contributed by atoms with Gasteiger partial charge in [0.1, 0.15) is 0 Å². The van der Waals surface area contributed by atoms with E-state index in [1.54, 1.807) is 13.2 Å². The third-order valence-corrected chi connectivity index (χ3v) is 2.35. The minimum Gasteiger partial charge on any atom is -0.378 e. The summed E-state index contributed by atoms with van der Waals surface area (Å²) in [5.41, 5.74) is -1.26. The van der Waals surface area contributed by atoms with Crippen molar-refractivity contribution in [3.05, 3.63) is 12.7 Å². The molecule has 0 aromatic heterocycles. The van der Waals surface area contributed by atoms with Crippen LogP contribution in [-0.4, -0.2) is 32.0 Å². The fourth-order valence-corrected chi connectivity index (χ4v) is 1.67. The minimum absolute atomic E-state index is 0.281. The monoisotopic (exact) mass is 173 g/mol. The largest absolute Gasteiger partial charge is 0.378 e. The Balaban J connectivity index is 2.61. The molecule has 12 heavy (non-hydrogen) atoms. The summed E-state index contributed by atoms with van der Waals surface area (Å²) in [4.78, 5) is 0. The first-order chi connectivity index (χ1) is 5.73. The van der Waals surface area contributed by atoms with Crippen molar-refractivity contribution in [2.45, 2.75) is 24.6 Å². The van der Waals surface area contributed by atoms with Crippen molar-refractivity contribution in [1.82, 2.24) is 5.32 Å². The van der Waals surface area contributed by atoms with Crippen LogP contribution in [0.25, 0.3) is 0 Å². The Morgan fingerprint density at radius 1 is 1.83 bits per heavy atom. The first-order valence-corrected chi connectivity index (χ1v) is 4.26. The SMILES string of the molecule is C=CC[C@]1(F)CNCC[C@H]1OC. The van der Waals surface area contributed by atoms with Gasteiger partial charge >= 0.3 is 0 Å². The first-order valence-electron chi connectivity index (χ1n) is 4.26. The highest BCUT2D eigenvalue weighted by molar-refractivity contribution is 4.98. The predicted molar refractivity (Wildman–Crippen MR) is 46.9 cm³/mol. The Morgan fingerprint density at radius 2 is 2.58 bits per heavy atom. The van der Waals surface area contributed by atoms with E-state index in [9.17, 15) is 4.39 Å². The molecule has 1 aliphatic heterocycles. The summed E-state index contributed by atoms with van der Waals surface area (Å²) in [5, 5.41) is 3.02. The van der Waals surface area contributed by atoms with Crippen LogP contribution in [0.1, 0.15) is 12.8 Å². The molecule has 3 heteroatoms. The van der Waals surface area contributed by atoms with Crippen LogP contribution < -0.4 is 5.32 Å². The van der Waals surface area contributed by atoms with Gasteiger partial charge in [0.15, 0.2) is 5.67 Å². The Morgan fingerprint density at radius 3 is 3.17 bits per heavy atom. The Bertz CT molecular complexity index is 163. The zero-order valence-corrected chi connectivity index (χ0v) is 7.48. The molecular weight excluding hydrogens is 157 g/mol. The summed E-state index contributed by atoms with van der Waals surface area (Å²) in [6.07, 6.45) is 2.43. The number of rotatable bonds is 3. The number of hydrogen-bond acceptors (Lipinski definition) is 2. The van der Waals surface area contributed by atoms with Crippen LogP contribution in [0.4, 0.5) is 4.39 Å². The van der Waals surface area contributed by atoms with Gasteiger partial charge in [-0.25, -0.2) is 4.39 Å². The van der Waals surface area contributed by atoms with E-state index in [0.29, 0.717) is 13.0 Å². The van der Waals surface area contributed by atoms with Crippen molar-refractivity contribution >= 4 is 0 Å². The van der Waals surface area contributed by atoms with E-state index in [1.165, 1.54) is 0 Å². The van der Waals surface area contributed by atoms with Gasteiger partial charge in [0.2, 0.25) is 0 Å². The van der Waals surface area contributed by atoms with E-state index < -0.39 is 5.67 Å². The van der Waals surface area contributed by atoms with Crippen LogP contribution >= 0.6 is 0 Å². The topological polar surface area (TPSA) is 21.3 Å². The quantitative estimate of drug-likeness (QED) is 0.649. The van der Waals surface area contributed by atoms with Crippen LogP contribution in [0.3, 0.4) is 0 Å². The van der Waals surface area contributed by atoms with E-state index in [2.05, 4.69) is 11.9 Å². The van der Waals surface area contributed by atoms with Crippen LogP contribution in [0, 0.1) is 0 Å². The van der Waals surface area contributed by atoms with E-state index in [-0.39, 0.29) is 6.10 Å². The smallest absolute Gasteiger partial charge is 0.152 e. The minimum atomic E-state index is -1.26. The van der Waals surface area contributed by atoms with E-state index in [4.69, 9.17) is 4.74 Å². The zero-order chi connectivity index (χ0) is 9.03. The highest BCUT2D eigenvalue weighted by Gasteiger charge is 2.40. The lowest BCUT2D eigenvalue weighted by Crippen LogP contribution is -2.52. The molecule has 1 N–H and O–H groups in total. The van der Waals surface area contributed by atoms with E-state index >= 15 is 0 Å².